The molecule has 0 unspecified atom stereocenters. The zero-order chi connectivity index (χ0) is 19.5. The van der Waals surface area contributed by atoms with Crippen LogP contribution < -0.4 is 5.32 Å². The standard InChI is InChI=1S/C22H20FN3O2/c1-26-19-9-5-4-8-18(19)25-21(26)14-24-22(27)13-11-15-10-12-20(28-15)16-6-2-3-7-17(16)23/h2-10,12H,11,13-14H2,1H3,(H,24,27). The van der Waals surface area contributed by atoms with E-state index in [-0.39, 0.29) is 18.1 Å². The Kier molecular flexibility index (Phi) is 4.93. The molecule has 1 amide bonds. The van der Waals surface area contributed by atoms with Gasteiger partial charge in [0.2, 0.25) is 5.91 Å². The first-order chi connectivity index (χ1) is 13.6. The van der Waals surface area contributed by atoms with Crippen LogP contribution in [-0.4, -0.2) is 15.5 Å². The lowest BCUT2D eigenvalue weighted by Crippen LogP contribution is -2.24. The molecule has 2 aromatic heterocycles. The van der Waals surface area contributed by atoms with Crippen LogP contribution in [0.2, 0.25) is 0 Å². The predicted molar refractivity (Wildman–Crippen MR) is 105 cm³/mol. The number of fused-ring (bicyclic) bond motifs is 1. The Labute approximate surface area is 161 Å². The number of furan rings is 1. The van der Waals surface area contributed by atoms with Gasteiger partial charge in [-0.05, 0) is 36.4 Å². The molecule has 2 heterocycles. The molecule has 0 aliphatic heterocycles. The third kappa shape index (κ3) is 3.67. The summed E-state index contributed by atoms with van der Waals surface area (Å²) in [4.78, 5) is 16.7. The lowest BCUT2D eigenvalue weighted by molar-refractivity contribution is -0.121. The van der Waals surface area contributed by atoms with Crippen LogP contribution in [0.1, 0.15) is 18.0 Å². The minimum Gasteiger partial charge on any atom is -0.461 e. The maximum atomic E-state index is 13.8. The molecule has 6 heteroatoms. The van der Waals surface area contributed by atoms with Crippen LogP contribution >= 0.6 is 0 Å². The summed E-state index contributed by atoms with van der Waals surface area (Å²) >= 11 is 0. The second-order valence-electron chi connectivity index (χ2n) is 6.60. The fourth-order valence-corrected chi connectivity index (χ4v) is 3.17. The summed E-state index contributed by atoms with van der Waals surface area (Å²) in [5, 5.41) is 2.89. The smallest absolute Gasteiger partial charge is 0.220 e. The number of imidazole rings is 1. The molecule has 2 aromatic carbocycles. The van der Waals surface area contributed by atoms with Crippen LogP contribution in [-0.2, 0) is 24.8 Å². The zero-order valence-corrected chi connectivity index (χ0v) is 15.5. The summed E-state index contributed by atoms with van der Waals surface area (Å²) in [6, 6.07) is 17.8. The van der Waals surface area contributed by atoms with Crippen molar-refractivity contribution >= 4 is 16.9 Å². The van der Waals surface area contributed by atoms with Gasteiger partial charge in [0.05, 0.1) is 23.1 Å². The van der Waals surface area contributed by atoms with Gasteiger partial charge in [-0.15, -0.1) is 0 Å². The number of amides is 1. The van der Waals surface area contributed by atoms with Crippen molar-refractivity contribution in [2.75, 3.05) is 0 Å². The van der Waals surface area contributed by atoms with Crippen molar-refractivity contribution in [2.24, 2.45) is 7.05 Å². The van der Waals surface area contributed by atoms with Crippen LogP contribution in [0, 0.1) is 5.82 Å². The van der Waals surface area contributed by atoms with Crippen LogP contribution in [0.25, 0.3) is 22.4 Å². The number of carbonyl (C=O) groups excluding carboxylic acids is 1. The van der Waals surface area contributed by atoms with Gasteiger partial charge in [0, 0.05) is 19.9 Å². The van der Waals surface area contributed by atoms with Crippen LogP contribution in [0.5, 0.6) is 0 Å². The molecule has 5 nitrogen and oxygen atoms in total. The number of benzene rings is 2. The number of hydrogen-bond acceptors (Lipinski definition) is 3. The fourth-order valence-electron chi connectivity index (χ4n) is 3.17. The number of aryl methyl sites for hydroxylation is 2. The van der Waals surface area contributed by atoms with Crippen molar-refractivity contribution in [3.05, 3.63) is 78.1 Å². The van der Waals surface area contributed by atoms with Crippen molar-refractivity contribution in [3.8, 4) is 11.3 Å². The average Bonchev–Trinajstić information content (AvgIpc) is 3.30. The Morgan fingerprint density at radius 2 is 1.89 bits per heavy atom. The van der Waals surface area contributed by atoms with E-state index in [4.69, 9.17) is 4.42 Å². The molecular formula is C22H20FN3O2. The Balaban J connectivity index is 1.33. The molecule has 0 spiro atoms. The van der Waals surface area contributed by atoms with Gasteiger partial charge in [-0.2, -0.15) is 0 Å². The van der Waals surface area contributed by atoms with E-state index in [0.29, 0.717) is 30.0 Å². The minimum atomic E-state index is -0.330. The highest BCUT2D eigenvalue weighted by atomic mass is 19.1. The number of nitrogens with zero attached hydrogens (tertiary/aromatic N) is 2. The zero-order valence-electron chi connectivity index (χ0n) is 15.5. The van der Waals surface area contributed by atoms with Crippen molar-refractivity contribution in [2.45, 2.75) is 19.4 Å². The molecule has 0 radical (unpaired) electrons. The van der Waals surface area contributed by atoms with E-state index >= 15 is 0 Å². The quantitative estimate of drug-likeness (QED) is 0.547. The number of rotatable bonds is 6. The molecule has 0 saturated carbocycles. The summed E-state index contributed by atoms with van der Waals surface area (Å²) in [5.74, 6) is 1.50. The van der Waals surface area contributed by atoms with Gasteiger partial charge in [-0.25, -0.2) is 9.37 Å². The van der Waals surface area contributed by atoms with Gasteiger partial charge in [-0.3, -0.25) is 4.79 Å². The molecular weight excluding hydrogens is 357 g/mol. The van der Waals surface area contributed by atoms with Gasteiger partial charge < -0.3 is 14.3 Å². The average molecular weight is 377 g/mol. The minimum absolute atomic E-state index is 0.0871. The Bertz CT molecular complexity index is 1130. The number of aromatic nitrogens is 2. The molecule has 4 aromatic rings. The molecule has 0 aliphatic carbocycles. The molecule has 0 aliphatic rings. The van der Waals surface area contributed by atoms with E-state index < -0.39 is 0 Å². The van der Waals surface area contributed by atoms with Gasteiger partial charge in [0.25, 0.3) is 0 Å². The first kappa shape index (κ1) is 18.0. The molecule has 4 rings (SSSR count). The monoisotopic (exact) mass is 377 g/mol. The van der Waals surface area contributed by atoms with Crippen LogP contribution in [0.15, 0.2) is 65.1 Å². The number of para-hydroxylation sites is 2. The van der Waals surface area contributed by atoms with E-state index in [0.717, 1.165) is 16.9 Å². The van der Waals surface area contributed by atoms with Crippen LogP contribution in [0.4, 0.5) is 4.39 Å². The summed E-state index contributed by atoms with van der Waals surface area (Å²) in [6.45, 7) is 0.364. The lowest BCUT2D eigenvalue weighted by Gasteiger charge is -2.05. The molecule has 0 bridgehead atoms. The highest BCUT2D eigenvalue weighted by molar-refractivity contribution is 5.77. The Morgan fingerprint density at radius 1 is 1.11 bits per heavy atom. The first-order valence-corrected chi connectivity index (χ1v) is 9.12. The molecule has 0 fully saturated rings. The molecule has 0 atom stereocenters. The predicted octanol–water partition coefficient (Wildman–Crippen LogP) is 4.22. The normalized spacial score (nSPS) is 11.1. The fraction of sp³-hybridized carbons (Fsp3) is 0.182. The van der Waals surface area contributed by atoms with Gasteiger partial charge >= 0.3 is 0 Å². The maximum absolute atomic E-state index is 13.8. The largest absolute Gasteiger partial charge is 0.461 e. The van der Waals surface area contributed by atoms with E-state index in [1.54, 1.807) is 30.3 Å². The van der Waals surface area contributed by atoms with Crippen LogP contribution in [0.3, 0.4) is 0 Å². The topological polar surface area (TPSA) is 60.1 Å². The van der Waals surface area contributed by atoms with E-state index in [2.05, 4.69) is 10.3 Å². The van der Waals surface area contributed by atoms with Crippen molar-refractivity contribution in [1.29, 1.82) is 0 Å². The highest BCUT2D eigenvalue weighted by Gasteiger charge is 2.12. The van der Waals surface area contributed by atoms with Gasteiger partial charge in [0.15, 0.2) is 0 Å². The Morgan fingerprint density at radius 3 is 2.71 bits per heavy atom. The summed E-state index contributed by atoms with van der Waals surface area (Å²) in [6.07, 6.45) is 0.733. The molecule has 0 saturated heterocycles. The third-order valence-corrected chi connectivity index (χ3v) is 4.72. The number of carbonyl (C=O) groups is 1. The summed E-state index contributed by atoms with van der Waals surface area (Å²) in [5.41, 5.74) is 2.36. The van der Waals surface area contributed by atoms with E-state index in [9.17, 15) is 9.18 Å². The number of hydrogen-bond donors (Lipinski definition) is 1. The third-order valence-electron chi connectivity index (χ3n) is 4.72. The van der Waals surface area contributed by atoms with Gasteiger partial charge in [0.1, 0.15) is 23.2 Å². The van der Waals surface area contributed by atoms with E-state index in [1.165, 1.54) is 6.07 Å². The lowest BCUT2D eigenvalue weighted by atomic mass is 10.1. The SMILES string of the molecule is Cn1c(CNC(=O)CCc2ccc(-c3ccccc3F)o2)nc2ccccc21. The van der Waals surface area contributed by atoms with Crippen molar-refractivity contribution in [3.63, 3.8) is 0 Å². The molecule has 1 N–H and O–H groups in total. The second kappa shape index (κ2) is 7.68. The Hall–Kier alpha value is -3.41. The number of nitrogens with one attached hydrogen (secondary N) is 1. The van der Waals surface area contributed by atoms with Crippen molar-refractivity contribution in [1.82, 2.24) is 14.9 Å². The first-order valence-electron chi connectivity index (χ1n) is 9.12. The van der Waals surface area contributed by atoms with E-state index in [1.807, 2.05) is 35.9 Å². The summed E-state index contributed by atoms with van der Waals surface area (Å²) < 4.78 is 21.5. The summed E-state index contributed by atoms with van der Waals surface area (Å²) in [7, 11) is 1.93. The maximum Gasteiger partial charge on any atom is 0.220 e. The molecule has 28 heavy (non-hydrogen) atoms. The van der Waals surface area contributed by atoms with Crippen molar-refractivity contribution < 1.29 is 13.6 Å². The highest BCUT2D eigenvalue weighted by Crippen LogP contribution is 2.25. The second-order valence-corrected chi connectivity index (χ2v) is 6.60. The van der Waals surface area contributed by atoms with Gasteiger partial charge in [-0.1, -0.05) is 24.3 Å². The molecule has 142 valence electrons. The number of halogens is 1.